The van der Waals surface area contributed by atoms with Crippen LogP contribution >= 0.6 is 11.8 Å². The monoisotopic (exact) mass is 228 g/mol. The molecule has 0 atom stereocenters. The highest BCUT2D eigenvalue weighted by Crippen LogP contribution is 2.19. The fraction of sp³-hybridized carbons (Fsp3) is 0.600. The Morgan fingerprint density at radius 1 is 1.67 bits per heavy atom. The van der Waals surface area contributed by atoms with Crippen LogP contribution in [0.15, 0.2) is 6.20 Å². The first kappa shape index (κ1) is 12.1. The Morgan fingerprint density at radius 2 is 2.33 bits per heavy atom. The SMILES string of the molecule is CCSCc1cnn(C(C)C)c1C(=O)O. The molecule has 0 fully saturated rings. The molecule has 0 aliphatic heterocycles. The van der Waals surface area contributed by atoms with E-state index in [2.05, 4.69) is 12.0 Å². The standard InChI is InChI=1S/C10H16N2O2S/c1-4-15-6-8-5-11-12(7(2)3)9(8)10(13)14/h5,7H,4,6H2,1-3H3,(H,13,14). The van der Waals surface area contributed by atoms with Gasteiger partial charge >= 0.3 is 5.97 Å². The third-order valence-electron chi connectivity index (χ3n) is 2.02. The maximum Gasteiger partial charge on any atom is 0.354 e. The normalized spacial score (nSPS) is 10.9. The third-order valence-corrected chi connectivity index (χ3v) is 2.95. The van der Waals surface area contributed by atoms with Crippen LogP contribution in [0.3, 0.4) is 0 Å². The van der Waals surface area contributed by atoms with Gasteiger partial charge in [0.25, 0.3) is 0 Å². The van der Waals surface area contributed by atoms with Gasteiger partial charge in [-0.2, -0.15) is 16.9 Å². The van der Waals surface area contributed by atoms with Crippen LogP contribution in [0.4, 0.5) is 0 Å². The van der Waals surface area contributed by atoms with Crippen molar-refractivity contribution in [2.45, 2.75) is 32.6 Å². The molecule has 15 heavy (non-hydrogen) atoms. The highest BCUT2D eigenvalue weighted by molar-refractivity contribution is 7.98. The number of nitrogens with zero attached hydrogens (tertiary/aromatic N) is 2. The molecule has 0 aliphatic rings. The lowest BCUT2D eigenvalue weighted by atomic mass is 10.2. The Balaban J connectivity index is 3.01. The summed E-state index contributed by atoms with van der Waals surface area (Å²) >= 11 is 1.70. The van der Waals surface area contributed by atoms with Gasteiger partial charge in [-0.15, -0.1) is 0 Å². The summed E-state index contributed by atoms with van der Waals surface area (Å²) in [7, 11) is 0. The number of carbonyl (C=O) groups is 1. The van der Waals surface area contributed by atoms with E-state index in [1.165, 1.54) is 0 Å². The molecule has 0 radical (unpaired) electrons. The molecule has 1 heterocycles. The molecule has 1 aromatic heterocycles. The van der Waals surface area contributed by atoms with Gasteiger partial charge in [-0.25, -0.2) is 4.79 Å². The van der Waals surface area contributed by atoms with E-state index < -0.39 is 5.97 Å². The molecule has 0 unspecified atom stereocenters. The van der Waals surface area contributed by atoms with Crippen LogP contribution in [0.25, 0.3) is 0 Å². The van der Waals surface area contributed by atoms with Crippen LogP contribution in [-0.2, 0) is 5.75 Å². The number of rotatable bonds is 5. The van der Waals surface area contributed by atoms with Gasteiger partial charge in [0, 0.05) is 17.4 Å². The minimum absolute atomic E-state index is 0.0801. The van der Waals surface area contributed by atoms with Gasteiger partial charge in [-0.05, 0) is 19.6 Å². The van der Waals surface area contributed by atoms with Crippen molar-refractivity contribution < 1.29 is 9.90 Å². The lowest BCUT2D eigenvalue weighted by Crippen LogP contribution is -2.13. The maximum atomic E-state index is 11.1. The molecule has 0 saturated carbocycles. The van der Waals surface area contributed by atoms with Gasteiger partial charge in [0.15, 0.2) is 5.69 Å². The van der Waals surface area contributed by atoms with Crippen LogP contribution in [0.2, 0.25) is 0 Å². The zero-order valence-electron chi connectivity index (χ0n) is 9.23. The second-order valence-electron chi connectivity index (χ2n) is 3.50. The summed E-state index contributed by atoms with van der Waals surface area (Å²) < 4.78 is 1.56. The van der Waals surface area contributed by atoms with Gasteiger partial charge < -0.3 is 5.11 Å². The first-order valence-electron chi connectivity index (χ1n) is 4.95. The molecule has 1 N–H and O–H groups in total. The van der Waals surface area contributed by atoms with Crippen LogP contribution in [0.1, 0.15) is 42.9 Å². The summed E-state index contributed by atoms with van der Waals surface area (Å²) in [5, 5.41) is 13.2. The Bertz CT molecular complexity index is 347. The van der Waals surface area contributed by atoms with Crippen molar-refractivity contribution in [2.75, 3.05) is 5.75 Å². The summed E-state index contributed by atoms with van der Waals surface area (Å²) in [6, 6.07) is 0.0801. The van der Waals surface area contributed by atoms with Crippen molar-refractivity contribution in [3.05, 3.63) is 17.5 Å². The Labute approximate surface area is 93.7 Å². The summed E-state index contributed by atoms with van der Waals surface area (Å²) in [5.41, 5.74) is 1.13. The molecular formula is C10H16N2O2S. The third kappa shape index (κ3) is 2.75. The minimum atomic E-state index is -0.895. The molecule has 5 heteroatoms. The van der Waals surface area contributed by atoms with Crippen molar-refractivity contribution in [1.29, 1.82) is 0 Å². The predicted octanol–water partition coefficient (Wildman–Crippen LogP) is 2.42. The Morgan fingerprint density at radius 3 is 2.80 bits per heavy atom. The first-order chi connectivity index (χ1) is 7.07. The van der Waals surface area contributed by atoms with Crippen LogP contribution in [-0.4, -0.2) is 26.6 Å². The maximum absolute atomic E-state index is 11.1. The highest BCUT2D eigenvalue weighted by atomic mass is 32.2. The van der Waals surface area contributed by atoms with Crippen molar-refractivity contribution in [3.8, 4) is 0 Å². The fourth-order valence-corrected chi connectivity index (χ4v) is 1.98. The van der Waals surface area contributed by atoms with E-state index in [0.29, 0.717) is 11.4 Å². The molecule has 0 saturated heterocycles. The van der Waals surface area contributed by atoms with Gasteiger partial charge in [0.2, 0.25) is 0 Å². The summed E-state index contributed by atoms with van der Waals surface area (Å²) in [6.45, 7) is 5.91. The highest BCUT2D eigenvalue weighted by Gasteiger charge is 2.18. The number of aromatic nitrogens is 2. The number of carboxylic acid groups (broad SMARTS) is 1. The van der Waals surface area contributed by atoms with Gasteiger partial charge in [-0.3, -0.25) is 4.68 Å². The number of thioether (sulfide) groups is 1. The molecular weight excluding hydrogens is 212 g/mol. The second kappa shape index (κ2) is 5.21. The molecule has 84 valence electrons. The van der Waals surface area contributed by atoms with Gasteiger partial charge in [-0.1, -0.05) is 6.92 Å². The average Bonchev–Trinajstić information content (AvgIpc) is 2.58. The molecule has 0 spiro atoms. The largest absolute Gasteiger partial charge is 0.477 e. The van der Waals surface area contributed by atoms with Gasteiger partial charge in [0.1, 0.15) is 0 Å². The molecule has 0 bridgehead atoms. The summed E-state index contributed by atoms with van der Waals surface area (Å²) in [6.07, 6.45) is 1.66. The first-order valence-corrected chi connectivity index (χ1v) is 6.10. The molecule has 1 rings (SSSR count). The van der Waals surface area contributed by atoms with Crippen molar-refractivity contribution in [3.63, 3.8) is 0 Å². The lowest BCUT2D eigenvalue weighted by Gasteiger charge is -2.08. The van der Waals surface area contributed by atoms with E-state index in [9.17, 15) is 4.79 Å². The molecule has 0 aliphatic carbocycles. The number of carboxylic acids is 1. The van der Waals surface area contributed by atoms with E-state index >= 15 is 0 Å². The summed E-state index contributed by atoms with van der Waals surface area (Å²) in [5.74, 6) is 0.796. The Kier molecular flexibility index (Phi) is 4.20. The summed E-state index contributed by atoms with van der Waals surface area (Å²) in [4.78, 5) is 11.1. The second-order valence-corrected chi connectivity index (χ2v) is 4.77. The van der Waals surface area contributed by atoms with Gasteiger partial charge in [0.05, 0.1) is 6.20 Å². The fourth-order valence-electron chi connectivity index (χ4n) is 1.34. The molecule has 1 aromatic rings. The number of hydrogen-bond donors (Lipinski definition) is 1. The molecule has 4 nitrogen and oxygen atoms in total. The number of aromatic carboxylic acids is 1. The van der Waals surface area contributed by atoms with E-state index in [-0.39, 0.29) is 6.04 Å². The molecule has 0 amide bonds. The zero-order valence-corrected chi connectivity index (χ0v) is 10.0. The van der Waals surface area contributed by atoms with E-state index in [1.807, 2.05) is 13.8 Å². The number of hydrogen-bond acceptors (Lipinski definition) is 3. The van der Waals surface area contributed by atoms with Crippen LogP contribution in [0.5, 0.6) is 0 Å². The average molecular weight is 228 g/mol. The molecule has 0 aromatic carbocycles. The Hall–Kier alpha value is -0.970. The quantitative estimate of drug-likeness (QED) is 0.840. The zero-order chi connectivity index (χ0) is 11.4. The smallest absolute Gasteiger partial charge is 0.354 e. The lowest BCUT2D eigenvalue weighted by molar-refractivity contribution is 0.0680. The van der Waals surface area contributed by atoms with E-state index in [1.54, 1.807) is 22.6 Å². The minimum Gasteiger partial charge on any atom is -0.477 e. The van der Waals surface area contributed by atoms with Crippen molar-refractivity contribution >= 4 is 17.7 Å². The topological polar surface area (TPSA) is 55.1 Å². The van der Waals surface area contributed by atoms with E-state index in [0.717, 1.165) is 11.3 Å². The van der Waals surface area contributed by atoms with Crippen molar-refractivity contribution in [2.24, 2.45) is 0 Å². The van der Waals surface area contributed by atoms with Crippen molar-refractivity contribution in [1.82, 2.24) is 9.78 Å². The van der Waals surface area contributed by atoms with E-state index in [4.69, 9.17) is 5.11 Å². The predicted molar refractivity (Wildman–Crippen MR) is 61.4 cm³/mol. The van der Waals surface area contributed by atoms with Crippen LogP contribution < -0.4 is 0 Å². The van der Waals surface area contributed by atoms with Crippen LogP contribution in [0, 0.1) is 0 Å².